The molecule has 2 amide bonds. The van der Waals surface area contributed by atoms with Crippen LogP contribution in [0.4, 0.5) is 0 Å². The molecular formula is C30H39N5O2S. The Bertz CT molecular complexity index is 1280. The summed E-state index contributed by atoms with van der Waals surface area (Å²) in [5.74, 6) is 0.128. The number of hydrogen-bond donors (Lipinski definition) is 2. The molecule has 3 heterocycles. The van der Waals surface area contributed by atoms with Crippen molar-refractivity contribution >= 4 is 34.1 Å². The molecule has 3 atom stereocenters. The van der Waals surface area contributed by atoms with Crippen molar-refractivity contribution in [1.82, 2.24) is 25.5 Å². The maximum absolute atomic E-state index is 14.1. The molecule has 3 aromatic rings. The van der Waals surface area contributed by atoms with Crippen molar-refractivity contribution < 1.29 is 9.59 Å². The van der Waals surface area contributed by atoms with Gasteiger partial charge < -0.3 is 15.5 Å². The lowest BCUT2D eigenvalue weighted by molar-refractivity contribution is -0.139. The Kier molecular flexibility index (Phi) is 8.39. The summed E-state index contributed by atoms with van der Waals surface area (Å²) in [6, 6.07) is 9.50. The summed E-state index contributed by atoms with van der Waals surface area (Å²) >= 11 is 1.63. The number of carbonyl (C=O) groups excluding carboxylic acids is 2. The largest absolute Gasteiger partial charge is 0.343 e. The number of rotatable bonds is 8. The van der Waals surface area contributed by atoms with Gasteiger partial charge in [0.1, 0.15) is 11.0 Å². The second kappa shape index (κ2) is 11.9. The highest BCUT2D eigenvalue weighted by Gasteiger charge is 2.40. The van der Waals surface area contributed by atoms with Gasteiger partial charge in [-0.05, 0) is 64.1 Å². The number of carbonyl (C=O) groups is 2. The van der Waals surface area contributed by atoms with E-state index in [0.29, 0.717) is 6.54 Å². The normalized spacial score (nSPS) is 20.0. The van der Waals surface area contributed by atoms with Gasteiger partial charge in [0.05, 0.1) is 23.3 Å². The fourth-order valence-corrected chi connectivity index (χ4v) is 6.88. The third-order valence-electron chi connectivity index (χ3n) is 8.26. The molecule has 38 heavy (non-hydrogen) atoms. The molecule has 202 valence electrons. The zero-order chi connectivity index (χ0) is 26.6. The lowest BCUT2D eigenvalue weighted by Gasteiger charge is -2.35. The van der Waals surface area contributed by atoms with Crippen molar-refractivity contribution in [3.63, 3.8) is 0 Å². The minimum Gasteiger partial charge on any atom is -0.343 e. The van der Waals surface area contributed by atoms with Crippen LogP contribution in [0.5, 0.6) is 0 Å². The summed E-state index contributed by atoms with van der Waals surface area (Å²) in [6.07, 6.45) is 8.11. The summed E-state index contributed by atoms with van der Waals surface area (Å²) in [4.78, 5) is 38.8. The van der Waals surface area contributed by atoms with Gasteiger partial charge in [-0.3, -0.25) is 14.6 Å². The molecule has 1 saturated carbocycles. The molecule has 7 nitrogen and oxygen atoms in total. The summed E-state index contributed by atoms with van der Waals surface area (Å²) in [5, 5.41) is 10.3. The zero-order valence-corrected chi connectivity index (χ0v) is 23.5. The van der Waals surface area contributed by atoms with Crippen LogP contribution in [0.2, 0.25) is 0 Å². The van der Waals surface area contributed by atoms with Gasteiger partial charge in [0.15, 0.2) is 0 Å². The van der Waals surface area contributed by atoms with Gasteiger partial charge in [0.2, 0.25) is 11.8 Å². The minimum absolute atomic E-state index is 0.0512. The van der Waals surface area contributed by atoms with Crippen LogP contribution >= 0.6 is 11.3 Å². The van der Waals surface area contributed by atoms with Crippen LogP contribution in [-0.2, 0) is 16.0 Å². The topological polar surface area (TPSA) is 87.2 Å². The Hall–Kier alpha value is -2.84. The molecule has 2 N–H and O–H groups in total. The number of thiazole rings is 1. The highest BCUT2D eigenvalue weighted by molar-refractivity contribution is 7.10. The standard InChI is InChI=1S/C30H39N5O2S/c1-4-21-17-23(22-13-8-9-14-24(22)32-21)25-18-38-29(33-25)26-15-10-16-35(26)30(37)27(20-11-6-5-7-12-20)34-28(36)19(2)31-3/h8-9,13-14,17-20,26-27,31H,4-7,10-12,15-16H2,1-3H3,(H,34,36)/t19-,26-,27-/m0/s1. The average Bonchev–Trinajstić information content (AvgIpc) is 3.65. The lowest BCUT2D eigenvalue weighted by Crippen LogP contribution is -2.55. The van der Waals surface area contributed by atoms with Crippen LogP contribution in [0.3, 0.4) is 0 Å². The predicted molar refractivity (Wildman–Crippen MR) is 153 cm³/mol. The van der Waals surface area contributed by atoms with Gasteiger partial charge in [-0.25, -0.2) is 4.98 Å². The number of amides is 2. The smallest absolute Gasteiger partial charge is 0.246 e. The fraction of sp³-hybridized carbons (Fsp3) is 0.533. The second-order valence-corrected chi connectivity index (χ2v) is 11.6. The number of benzene rings is 1. The number of fused-ring (bicyclic) bond motifs is 1. The zero-order valence-electron chi connectivity index (χ0n) is 22.7. The van der Waals surface area contributed by atoms with Crippen LogP contribution in [0.15, 0.2) is 35.7 Å². The van der Waals surface area contributed by atoms with Gasteiger partial charge in [-0.2, -0.15) is 0 Å². The summed E-state index contributed by atoms with van der Waals surface area (Å²) < 4.78 is 0. The van der Waals surface area contributed by atoms with E-state index in [1.54, 1.807) is 18.4 Å². The molecule has 2 aromatic heterocycles. The number of likely N-dealkylation sites (N-methyl/N-ethyl adjacent to an activating group) is 1. The van der Waals surface area contributed by atoms with E-state index in [4.69, 9.17) is 9.97 Å². The van der Waals surface area contributed by atoms with E-state index >= 15 is 0 Å². The number of hydrogen-bond acceptors (Lipinski definition) is 6. The molecule has 0 spiro atoms. The van der Waals surface area contributed by atoms with Crippen molar-refractivity contribution in [1.29, 1.82) is 0 Å². The number of aromatic nitrogens is 2. The van der Waals surface area contributed by atoms with Crippen molar-refractivity contribution in [3.05, 3.63) is 46.4 Å². The number of nitrogens with zero attached hydrogens (tertiary/aromatic N) is 3. The first-order chi connectivity index (χ1) is 18.5. The number of para-hydroxylation sites is 1. The molecule has 2 aliphatic rings. The first-order valence-corrected chi connectivity index (χ1v) is 15.0. The first-order valence-electron chi connectivity index (χ1n) is 14.1. The molecule has 1 aromatic carbocycles. The molecule has 0 radical (unpaired) electrons. The molecular weight excluding hydrogens is 494 g/mol. The van der Waals surface area contributed by atoms with E-state index in [9.17, 15) is 9.59 Å². The molecule has 1 saturated heterocycles. The number of nitrogens with one attached hydrogen (secondary N) is 2. The lowest BCUT2D eigenvalue weighted by atomic mass is 9.83. The fourth-order valence-electron chi connectivity index (χ4n) is 5.91. The molecule has 1 aliphatic carbocycles. The van der Waals surface area contributed by atoms with Crippen LogP contribution in [0.25, 0.3) is 22.2 Å². The van der Waals surface area contributed by atoms with E-state index in [1.807, 2.05) is 24.0 Å². The van der Waals surface area contributed by atoms with E-state index in [2.05, 4.69) is 41.1 Å². The summed E-state index contributed by atoms with van der Waals surface area (Å²) in [7, 11) is 1.77. The molecule has 2 fully saturated rings. The van der Waals surface area contributed by atoms with E-state index in [1.165, 1.54) is 6.42 Å². The molecule has 1 aliphatic heterocycles. The SMILES string of the molecule is CCc1cc(-c2csc([C@@H]3CCCN3C(=O)[C@@H](NC(=O)[C@H](C)NC)C3CCCCC3)n2)c2ccccc2n1. The van der Waals surface area contributed by atoms with E-state index < -0.39 is 6.04 Å². The molecule has 8 heteroatoms. The third kappa shape index (κ3) is 5.47. The summed E-state index contributed by atoms with van der Waals surface area (Å²) in [5.41, 5.74) is 4.07. The Morgan fingerprint density at radius 2 is 1.89 bits per heavy atom. The first kappa shape index (κ1) is 26.8. The monoisotopic (exact) mass is 533 g/mol. The van der Waals surface area contributed by atoms with Crippen molar-refractivity contribution in [2.24, 2.45) is 5.92 Å². The predicted octanol–water partition coefficient (Wildman–Crippen LogP) is 5.26. The number of likely N-dealkylation sites (tertiary alicyclic amines) is 1. The second-order valence-electron chi connectivity index (χ2n) is 10.7. The Labute approximate surface area is 229 Å². The van der Waals surface area contributed by atoms with Crippen molar-refractivity contribution in [3.8, 4) is 11.3 Å². The summed E-state index contributed by atoms with van der Waals surface area (Å²) in [6.45, 7) is 4.66. The van der Waals surface area contributed by atoms with Gasteiger partial charge in [-0.1, -0.05) is 44.4 Å². The Morgan fingerprint density at radius 1 is 1.11 bits per heavy atom. The highest BCUT2D eigenvalue weighted by atomic mass is 32.1. The quantitative estimate of drug-likeness (QED) is 0.413. The minimum atomic E-state index is -0.477. The Balaban J connectivity index is 1.42. The average molecular weight is 534 g/mol. The van der Waals surface area contributed by atoms with Gasteiger partial charge in [0.25, 0.3) is 0 Å². The molecule has 0 unspecified atom stereocenters. The third-order valence-corrected chi connectivity index (χ3v) is 9.21. The Morgan fingerprint density at radius 3 is 2.66 bits per heavy atom. The maximum atomic E-state index is 14.1. The van der Waals surface area contributed by atoms with Gasteiger partial charge in [-0.15, -0.1) is 11.3 Å². The van der Waals surface area contributed by atoms with Crippen molar-refractivity contribution in [2.75, 3.05) is 13.6 Å². The van der Waals surface area contributed by atoms with Crippen LogP contribution in [-0.4, -0.2) is 52.4 Å². The van der Waals surface area contributed by atoms with Gasteiger partial charge in [0, 0.05) is 28.6 Å². The van der Waals surface area contributed by atoms with Gasteiger partial charge >= 0.3 is 0 Å². The molecule has 0 bridgehead atoms. The van der Waals surface area contributed by atoms with Crippen LogP contribution in [0.1, 0.15) is 75.5 Å². The van der Waals surface area contributed by atoms with E-state index in [-0.39, 0.29) is 29.8 Å². The van der Waals surface area contributed by atoms with Crippen molar-refractivity contribution in [2.45, 2.75) is 83.3 Å². The van der Waals surface area contributed by atoms with Crippen LogP contribution in [0, 0.1) is 5.92 Å². The molecule has 5 rings (SSSR count). The number of pyridine rings is 1. The van der Waals surface area contributed by atoms with Crippen LogP contribution < -0.4 is 10.6 Å². The number of aryl methyl sites for hydroxylation is 1. The maximum Gasteiger partial charge on any atom is 0.246 e. The highest BCUT2D eigenvalue weighted by Crippen LogP contribution is 2.38. The van der Waals surface area contributed by atoms with E-state index in [0.717, 1.165) is 77.8 Å².